The monoisotopic (exact) mass is 642 g/mol. The highest BCUT2D eigenvalue weighted by atomic mass is 33.1. The topological polar surface area (TPSA) is 77.4 Å². The summed E-state index contributed by atoms with van der Waals surface area (Å²) in [6.07, 6.45) is 5.81. The van der Waals surface area contributed by atoms with Crippen LogP contribution in [0.5, 0.6) is 11.5 Å². The van der Waals surface area contributed by atoms with Gasteiger partial charge in [0.15, 0.2) is 6.29 Å². The van der Waals surface area contributed by atoms with E-state index in [1.807, 2.05) is 64.1 Å². The summed E-state index contributed by atoms with van der Waals surface area (Å²) >= 11 is 0. The van der Waals surface area contributed by atoms with Gasteiger partial charge >= 0.3 is 0 Å². The van der Waals surface area contributed by atoms with Crippen LogP contribution in [-0.4, -0.2) is 61.5 Å². The molecule has 0 radical (unpaired) electrons. The summed E-state index contributed by atoms with van der Waals surface area (Å²) in [6.45, 7) is 3.26. The van der Waals surface area contributed by atoms with Gasteiger partial charge < -0.3 is 29.2 Å². The van der Waals surface area contributed by atoms with Gasteiger partial charge in [0.1, 0.15) is 17.1 Å². The van der Waals surface area contributed by atoms with Crippen molar-refractivity contribution in [2.75, 3.05) is 38.9 Å². The summed E-state index contributed by atoms with van der Waals surface area (Å²) < 4.78 is 23.3. The third kappa shape index (κ3) is 11.6. The minimum Gasteiger partial charge on any atom is -0.497 e. The van der Waals surface area contributed by atoms with Crippen LogP contribution in [0.25, 0.3) is 0 Å². The van der Waals surface area contributed by atoms with Crippen LogP contribution < -0.4 is 9.47 Å². The second kappa shape index (κ2) is 20.8. The molecule has 6 nitrogen and oxygen atoms in total. The maximum Gasteiger partial charge on any atom is 0.154 e. The van der Waals surface area contributed by atoms with Gasteiger partial charge in [0.25, 0.3) is 0 Å². The van der Waals surface area contributed by atoms with Crippen molar-refractivity contribution in [3.63, 3.8) is 0 Å². The summed E-state index contributed by atoms with van der Waals surface area (Å²) in [5.41, 5.74) is 2.33. The van der Waals surface area contributed by atoms with Crippen LogP contribution in [0, 0.1) is 0 Å². The molecule has 242 valence electrons. The van der Waals surface area contributed by atoms with Crippen molar-refractivity contribution in [3.05, 3.63) is 95.6 Å². The van der Waals surface area contributed by atoms with Crippen LogP contribution in [0.2, 0.25) is 0 Å². The van der Waals surface area contributed by atoms with Gasteiger partial charge in [-0.25, -0.2) is 0 Å². The number of rotatable bonds is 23. The van der Waals surface area contributed by atoms with Crippen LogP contribution in [-0.2, 0) is 15.1 Å². The lowest BCUT2D eigenvalue weighted by atomic mass is 9.80. The molecule has 0 aliphatic rings. The van der Waals surface area contributed by atoms with Crippen LogP contribution in [0.3, 0.4) is 0 Å². The van der Waals surface area contributed by atoms with Crippen molar-refractivity contribution >= 4 is 21.6 Å². The van der Waals surface area contributed by atoms with Gasteiger partial charge in [-0.15, -0.1) is 0 Å². The average molecular weight is 643 g/mol. The molecule has 0 amide bonds. The highest BCUT2D eigenvalue weighted by molar-refractivity contribution is 8.76. The molecule has 3 aromatic carbocycles. The lowest BCUT2D eigenvalue weighted by Gasteiger charge is -2.36. The number of benzene rings is 3. The van der Waals surface area contributed by atoms with Crippen LogP contribution in [0.1, 0.15) is 75.0 Å². The molecule has 0 saturated carbocycles. The minimum absolute atomic E-state index is 0.346. The van der Waals surface area contributed by atoms with Crippen molar-refractivity contribution in [2.45, 2.75) is 76.3 Å². The first-order valence-electron chi connectivity index (χ1n) is 15.7. The molecule has 0 bridgehead atoms. The first-order valence-corrected chi connectivity index (χ1v) is 18.2. The van der Waals surface area contributed by atoms with Gasteiger partial charge in [-0.05, 0) is 66.6 Å². The van der Waals surface area contributed by atoms with Crippen molar-refractivity contribution in [3.8, 4) is 11.5 Å². The van der Waals surface area contributed by atoms with E-state index in [-0.39, 0.29) is 6.10 Å². The van der Waals surface area contributed by atoms with Crippen molar-refractivity contribution in [1.29, 1.82) is 0 Å². The Morgan fingerprint density at radius 2 is 1.18 bits per heavy atom. The normalized spacial score (nSPS) is 13.0. The quantitative estimate of drug-likeness (QED) is 0.0464. The molecule has 2 N–H and O–H groups in total. The van der Waals surface area contributed by atoms with E-state index in [0.717, 1.165) is 78.2 Å². The molecule has 44 heavy (non-hydrogen) atoms. The van der Waals surface area contributed by atoms with Gasteiger partial charge in [-0.3, -0.25) is 0 Å². The number of ether oxygens (including phenoxy) is 4. The Morgan fingerprint density at radius 3 is 1.73 bits per heavy atom. The Kier molecular flexibility index (Phi) is 17.1. The Hall–Kier alpha value is -2.20. The first-order chi connectivity index (χ1) is 21.5. The highest BCUT2D eigenvalue weighted by Crippen LogP contribution is 2.42. The number of hydrogen-bond donors (Lipinski definition) is 2. The van der Waals surface area contributed by atoms with Crippen LogP contribution >= 0.6 is 21.6 Å². The molecule has 8 heteroatoms. The first kappa shape index (κ1) is 36.3. The van der Waals surface area contributed by atoms with E-state index in [2.05, 4.69) is 43.3 Å². The fourth-order valence-corrected chi connectivity index (χ4v) is 7.19. The summed E-state index contributed by atoms with van der Waals surface area (Å²) in [7, 11) is 7.01. The molecule has 0 heterocycles. The van der Waals surface area contributed by atoms with Gasteiger partial charge in [0, 0.05) is 24.5 Å². The van der Waals surface area contributed by atoms with E-state index in [4.69, 9.17) is 18.9 Å². The summed E-state index contributed by atoms with van der Waals surface area (Å²) in [5, 5.41) is 20.1. The predicted octanol–water partition coefficient (Wildman–Crippen LogP) is 8.23. The fourth-order valence-electron chi connectivity index (χ4n) is 5.07. The molecule has 0 aliphatic carbocycles. The molecule has 0 saturated heterocycles. The molecular weight excluding hydrogens is 593 g/mol. The van der Waals surface area contributed by atoms with Crippen molar-refractivity contribution < 1.29 is 29.2 Å². The zero-order chi connectivity index (χ0) is 31.5. The molecule has 0 spiro atoms. The summed E-state index contributed by atoms with van der Waals surface area (Å²) in [5.74, 6) is 3.51. The standard InChI is InChI=1S/C36H50O6S2/c1-4-5-7-14-32(37)19-24-35(38)41-25-10-27-43-44-28-11-26-42-36(29-12-8-6-9-13-29,30-15-20-33(39-2)21-16-30)31-17-22-34(40-3)23-18-31/h6,8-9,12-13,15-18,20-23,32,35,37-38H,4-5,7,10-11,14,19,24-28H2,1-3H3. The van der Waals surface area contributed by atoms with Gasteiger partial charge in [-0.2, -0.15) is 0 Å². The molecule has 0 aliphatic heterocycles. The second-order valence-electron chi connectivity index (χ2n) is 10.8. The Morgan fingerprint density at radius 1 is 0.636 bits per heavy atom. The van der Waals surface area contributed by atoms with E-state index in [9.17, 15) is 10.2 Å². The van der Waals surface area contributed by atoms with Crippen molar-refractivity contribution in [2.24, 2.45) is 0 Å². The number of methoxy groups -OCH3 is 2. The van der Waals surface area contributed by atoms with Gasteiger partial charge in [0.05, 0.1) is 26.9 Å². The molecule has 0 fully saturated rings. The number of unbranched alkanes of at least 4 members (excludes halogenated alkanes) is 2. The highest BCUT2D eigenvalue weighted by Gasteiger charge is 2.37. The predicted molar refractivity (Wildman–Crippen MR) is 184 cm³/mol. The SMILES string of the molecule is CCCCCC(O)CCC(O)OCCCSSCCCOC(c1ccccc1)(c1ccc(OC)cc1)c1ccc(OC)cc1. The van der Waals surface area contributed by atoms with Crippen LogP contribution in [0.15, 0.2) is 78.9 Å². The largest absolute Gasteiger partial charge is 0.497 e. The number of aliphatic hydroxyl groups excluding tert-OH is 2. The zero-order valence-corrected chi connectivity index (χ0v) is 28.1. The van der Waals surface area contributed by atoms with Crippen LogP contribution in [0.4, 0.5) is 0 Å². The lowest BCUT2D eigenvalue weighted by molar-refractivity contribution is -0.107. The molecule has 2 atom stereocenters. The molecular formula is C36H50O6S2. The Balaban J connectivity index is 1.49. The number of hydrogen-bond acceptors (Lipinski definition) is 8. The van der Waals surface area contributed by atoms with Crippen molar-refractivity contribution in [1.82, 2.24) is 0 Å². The minimum atomic E-state index is -0.799. The summed E-state index contributed by atoms with van der Waals surface area (Å²) in [6, 6.07) is 26.6. The van der Waals surface area contributed by atoms with E-state index >= 15 is 0 Å². The Bertz CT molecular complexity index is 1100. The molecule has 3 rings (SSSR count). The third-order valence-electron chi connectivity index (χ3n) is 7.52. The third-order valence-corrected chi connectivity index (χ3v) is 10.1. The van der Waals surface area contributed by atoms with E-state index < -0.39 is 11.9 Å². The van der Waals surface area contributed by atoms with E-state index in [1.165, 1.54) is 0 Å². The lowest BCUT2D eigenvalue weighted by Crippen LogP contribution is -2.33. The molecule has 3 aromatic rings. The van der Waals surface area contributed by atoms with Gasteiger partial charge in [-0.1, -0.05) is 102 Å². The Labute approximate surface area is 272 Å². The van der Waals surface area contributed by atoms with E-state index in [1.54, 1.807) is 14.2 Å². The maximum absolute atomic E-state index is 10.1. The average Bonchev–Trinajstić information content (AvgIpc) is 3.07. The molecule has 0 aromatic heterocycles. The fraction of sp³-hybridized carbons (Fsp3) is 0.500. The summed E-state index contributed by atoms with van der Waals surface area (Å²) in [4.78, 5) is 0. The van der Waals surface area contributed by atoms with E-state index in [0.29, 0.717) is 26.1 Å². The maximum atomic E-state index is 10.1. The van der Waals surface area contributed by atoms with Gasteiger partial charge in [0.2, 0.25) is 0 Å². The number of aliphatic hydroxyl groups is 2. The zero-order valence-electron chi connectivity index (χ0n) is 26.5. The molecule has 2 unspecified atom stereocenters. The second-order valence-corrected chi connectivity index (χ2v) is 13.5. The smallest absolute Gasteiger partial charge is 0.154 e.